The zero-order valence-corrected chi connectivity index (χ0v) is 11.2. The van der Waals surface area contributed by atoms with Crippen molar-refractivity contribution in [3.63, 3.8) is 0 Å². The van der Waals surface area contributed by atoms with Crippen LogP contribution < -0.4 is 5.32 Å². The van der Waals surface area contributed by atoms with E-state index in [2.05, 4.69) is 25.3 Å². The van der Waals surface area contributed by atoms with Crippen molar-refractivity contribution in [1.82, 2.24) is 24.8 Å². The summed E-state index contributed by atoms with van der Waals surface area (Å²) in [5.74, 6) is 0.712. The number of carbonyl (C=O) groups excluding carboxylic acids is 1. The molecule has 1 amide bonds. The number of rotatable bonds is 2. The Balaban J connectivity index is 1.74. The number of hydrogen-bond acceptors (Lipinski definition) is 6. The summed E-state index contributed by atoms with van der Waals surface area (Å²) in [4.78, 5) is 28.7. The molecule has 0 aromatic carbocycles. The van der Waals surface area contributed by atoms with Crippen LogP contribution in [0.4, 0.5) is 10.6 Å². The zero-order valence-electron chi connectivity index (χ0n) is 11.2. The van der Waals surface area contributed by atoms with E-state index in [-0.39, 0.29) is 12.1 Å². The van der Waals surface area contributed by atoms with Gasteiger partial charge in [0.05, 0.1) is 13.4 Å². The number of hydrogen-bond donors (Lipinski definition) is 2. The fourth-order valence-electron chi connectivity index (χ4n) is 2.46. The number of fused-ring (bicyclic) bond motifs is 1. The summed E-state index contributed by atoms with van der Waals surface area (Å²) >= 11 is 0. The van der Waals surface area contributed by atoms with Crippen LogP contribution in [0.25, 0.3) is 11.2 Å². The van der Waals surface area contributed by atoms with Gasteiger partial charge in [0.15, 0.2) is 11.5 Å². The first kappa shape index (κ1) is 12.6. The fraction of sp³-hybridized carbons (Fsp3) is 0.500. The molecule has 0 spiro atoms. The van der Waals surface area contributed by atoms with Gasteiger partial charge < -0.3 is 19.9 Å². The standard InChI is InChI=1S/C12H16N6O2/c1-20-12(19)18-4-2-3-8(5-18)17-11-9-10(14-6-13-9)15-7-16-11/h6-8H,2-5H2,1H3,(H2,13,14,15,16,17). The molecular formula is C12H16N6O2. The van der Waals surface area contributed by atoms with E-state index in [4.69, 9.17) is 4.74 Å². The predicted octanol–water partition coefficient (Wildman–Crippen LogP) is 0.996. The third-order valence-electron chi connectivity index (χ3n) is 3.42. The van der Waals surface area contributed by atoms with Gasteiger partial charge in [0, 0.05) is 19.1 Å². The van der Waals surface area contributed by atoms with Gasteiger partial charge in [-0.1, -0.05) is 0 Å². The van der Waals surface area contributed by atoms with Gasteiger partial charge in [-0.3, -0.25) is 0 Å². The lowest BCUT2D eigenvalue weighted by molar-refractivity contribution is 0.113. The van der Waals surface area contributed by atoms with Crippen molar-refractivity contribution in [3.05, 3.63) is 12.7 Å². The van der Waals surface area contributed by atoms with Gasteiger partial charge in [-0.15, -0.1) is 0 Å². The average molecular weight is 276 g/mol. The van der Waals surface area contributed by atoms with Crippen LogP contribution in [0.2, 0.25) is 0 Å². The molecule has 1 unspecified atom stereocenters. The van der Waals surface area contributed by atoms with Crippen molar-refractivity contribution < 1.29 is 9.53 Å². The fourth-order valence-corrected chi connectivity index (χ4v) is 2.46. The van der Waals surface area contributed by atoms with Crippen LogP contribution in [0.3, 0.4) is 0 Å². The Kier molecular flexibility index (Phi) is 3.36. The molecule has 1 atom stereocenters. The summed E-state index contributed by atoms with van der Waals surface area (Å²) in [5.41, 5.74) is 1.41. The van der Waals surface area contributed by atoms with Crippen molar-refractivity contribution in [2.45, 2.75) is 18.9 Å². The van der Waals surface area contributed by atoms with Crippen LogP contribution in [0.15, 0.2) is 12.7 Å². The number of piperidine rings is 1. The molecule has 1 saturated heterocycles. The smallest absolute Gasteiger partial charge is 0.409 e. The van der Waals surface area contributed by atoms with E-state index in [9.17, 15) is 4.79 Å². The molecule has 3 rings (SSSR count). The number of amides is 1. The number of carbonyl (C=O) groups is 1. The monoisotopic (exact) mass is 276 g/mol. The molecule has 2 N–H and O–H groups in total. The maximum atomic E-state index is 11.6. The molecule has 0 bridgehead atoms. The van der Waals surface area contributed by atoms with Gasteiger partial charge in [-0.2, -0.15) is 0 Å². The Hall–Kier alpha value is -2.38. The molecule has 0 radical (unpaired) electrons. The number of H-pyrrole nitrogens is 1. The van der Waals surface area contributed by atoms with Gasteiger partial charge in [-0.05, 0) is 12.8 Å². The molecule has 8 nitrogen and oxygen atoms in total. The van der Waals surface area contributed by atoms with Gasteiger partial charge in [0.2, 0.25) is 0 Å². The topological polar surface area (TPSA) is 96.0 Å². The zero-order chi connectivity index (χ0) is 13.9. The van der Waals surface area contributed by atoms with Crippen molar-refractivity contribution >= 4 is 23.1 Å². The number of nitrogens with zero attached hydrogens (tertiary/aromatic N) is 4. The second-order valence-electron chi connectivity index (χ2n) is 4.72. The second-order valence-corrected chi connectivity index (χ2v) is 4.72. The lowest BCUT2D eigenvalue weighted by Gasteiger charge is -2.32. The van der Waals surface area contributed by atoms with Gasteiger partial charge in [0.25, 0.3) is 0 Å². The highest BCUT2D eigenvalue weighted by Crippen LogP contribution is 2.19. The summed E-state index contributed by atoms with van der Waals surface area (Å²) < 4.78 is 4.76. The SMILES string of the molecule is COC(=O)N1CCCC(Nc2ncnc3nc[nH]c23)C1. The Morgan fingerprint density at radius 3 is 3.25 bits per heavy atom. The average Bonchev–Trinajstić information content (AvgIpc) is 2.96. The van der Waals surface area contributed by atoms with E-state index in [0.29, 0.717) is 18.0 Å². The van der Waals surface area contributed by atoms with Crippen molar-refractivity contribution in [2.24, 2.45) is 0 Å². The summed E-state index contributed by atoms with van der Waals surface area (Å²) in [6, 6.07) is 0.143. The molecule has 0 aliphatic carbocycles. The Labute approximate surface area is 115 Å². The van der Waals surface area contributed by atoms with E-state index in [1.54, 1.807) is 11.2 Å². The minimum absolute atomic E-state index is 0.143. The summed E-state index contributed by atoms with van der Waals surface area (Å²) in [6.45, 7) is 1.33. The largest absolute Gasteiger partial charge is 0.453 e. The number of likely N-dealkylation sites (tertiary alicyclic amines) is 1. The number of nitrogens with one attached hydrogen (secondary N) is 2. The number of methoxy groups -OCH3 is 1. The Morgan fingerprint density at radius 1 is 1.50 bits per heavy atom. The molecule has 2 aromatic heterocycles. The quantitative estimate of drug-likeness (QED) is 0.849. The van der Waals surface area contributed by atoms with Gasteiger partial charge >= 0.3 is 6.09 Å². The maximum absolute atomic E-state index is 11.6. The van der Waals surface area contributed by atoms with E-state index in [1.165, 1.54) is 13.4 Å². The lowest BCUT2D eigenvalue weighted by Crippen LogP contribution is -2.45. The first-order chi connectivity index (χ1) is 9.78. The van der Waals surface area contributed by atoms with Crippen LogP contribution in [-0.4, -0.2) is 57.2 Å². The summed E-state index contributed by atoms with van der Waals surface area (Å²) in [5, 5.41) is 3.35. The molecular weight excluding hydrogens is 260 g/mol. The molecule has 1 aliphatic rings. The molecule has 0 saturated carbocycles. The number of ether oxygens (including phenoxy) is 1. The minimum atomic E-state index is -0.286. The Bertz CT molecular complexity index is 613. The van der Waals surface area contributed by atoms with E-state index >= 15 is 0 Å². The summed E-state index contributed by atoms with van der Waals surface area (Å²) in [6.07, 6.45) is 4.70. The number of anilines is 1. The van der Waals surface area contributed by atoms with Gasteiger partial charge in [0.1, 0.15) is 11.8 Å². The normalized spacial score (nSPS) is 19.1. The highest BCUT2D eigenvalue weighted by atomic mass is 16.5. The third-order valence-corrected chi connectivity index (χ3v) is 3.42. The predicted molar refractivity (Wildman–Crippen MR) is 72.3 cm³/mol. The first-order valence-corrected chi connectivity index (χ1v) is 6.51. The number of aromatic nitrogens is 4. The minimum Gasteiger partial charge on any atom is -0.453 e. The first-order valence-electron chi connectivity index (χ1n) is 6.51. The summed E-state index contributed by atoms with van der Waals surface area (Å²) in [7, 11) is 1.40. The highest BCUT2D eigenvalue weighted by Gasteiger charge is 2.24. The lowest BCUT2D eigenvalue weighted by atomic mass is 10.1. The second kappa shape index (κ2) is 5.32. The third kappa shape index (κ3) is 2.36. The molecule has 8 heteroatoms. The van der Waals surface area contributed by atoms with Gasteiger partial charge in [-0.25, -0.2) is 19.7 Å². The molecule has 3 heterocycles. The van der Waals surface area contributed by atoms with Crippen molar-refractivity contribution in [3.8, 4) is 0 Å². The molecule has 1 fully saturated rings. The maximum Gasteiger partial charge on any atom is 0.409 e. The van der Waals surface area contributed by atoms with Crippen molar-refractivity contribution in [2.75, 3.05) is 25.5 Å². The highest BCUT2D eigenvalue weighted by molar-refractivity contribution is 5.82. The molecule has 2 aromatic rings. The van der Waals surface area contributed by atoms with Crippen molar-refractivity contribution in [1.29, 1.82) is 0 Å². The van der Waals surface area contributed by atoms with E-state index < -0.39 is 0 Å². The van der Waals surface area contributed by atoms with Crippen LogP contribution in [0.5, 0.6) is 0 Å². The van der Waals surface area contributed by atoms with Crippen LogP contribution in [-0.2, 0) is 4.74 Å². The molecule has 20 heavy (non-hydrogen) atoms. The van der Waals surface area contributed by atoms with E-state index in [0.717, 1.165) is 24.9 Å². The Morgan fingerprint density at radius 2 is 2.40 bits per heavy atom. The number of imidazole rings is 1. The molecule has 1 aliphatic heterocycles. The van der Waals surface area contributed by atoms with Crippen LogP contribution in [0.1, 0.15) is 12.8 Å². The number of aromatic amines is 1. The van der Waals surface area contributed by atoms with E-state index in [1.807, 2.05) is 0 Å². The molecule has 106 valence electrons. The van der Waals surface area contributed by atoms with Crippen LogP contribution >= 0.6 is 0 Å². The van der Waals surface area contributed by atoms with Crippen LogP contribution in [0, 0.1) is 0 Å².